The minimum atomic E-state index is 0.0199. The van der Waals surface area contributed by atoms with Crippen molar-refractivity contribution >= 4 is 11.8 Å². The van der Waals surface area contributed by atoms with Crippen molar-refractivity contribution < 1.29 is 9.59 Å². The molecule has 3 atom stereocenters. The van der Waals surface area contributed by atoms with E-state index in [2.05, 4.69) is 31.2 Å². The number of nitrogens with zero attached hydrogens (tertiary/aromatic N) is 2. The van der Waals surface area contributed by atoms with Crippen molar-refractivity contribution in [2.75, 3.05) is 26.2 Å². The second-order valence-corrected chi connectivity index (χ2v) is 7.96. The lowest BCUT2D eigenvalue weighted by Crippen LogP contribution is -2.46. The molecule has 0 spiro atoms. The van der Waals surface area contributed by atoms with Crippen LogP contribution < -0.4 is 0 Å². The Morgan fingerprint density at radius 3 is 2.44 bits per heavy atom. The lowest BCUT2D eigenvalue weighted by atomic mass is 9.95. The molecule has 0 radical (unpaired) electrons. The zero-order chi connectivity index (χ0) is 17.4. The fourth-order valence-corrected chi connectivity index (χ4v) is 4.62. The highest BCUT2D eigenvalue weighted by Crippen LogP contribution is 2.49. The summed E-state index contributed by atoms with van der Waals surface area (Å²) in [6.07, 6.45) is 5.11. The summed E-state index contributed by atoms with van der Waals surface area (Å²) in [6.45, 7) is 5.38. The molecule has 4 rings (SSSR count). The normalized spacial score (nSPS) is 28.9. The standard InChI is InChI=1S/C21H28N2O2/c1-15-7-2-3-9-17(15)18-13-19(18)21(25)23-12-6-8-16(14-23)20(24)22-10-4-5-11-22/h2-3,7,9,16,18-19H,4-6,8,10-14H2,1H3/t16-,18-,19+/m0/s1. The van der Waals surface area contributed by atoms with Crippen LogP contribution in [-0.4, -0.2) is 47.8 Å². The Kier molecular flexibility index (Phi) is 4.53. The monoisotopic (exact) mass is 340 g/mol. The minimum absolute atomic E-state index is 0.0199. The van der Waals surface area contributed by atoms with E-state index in [-0.39, 0.29) is 23.7 Å². The Balaban J connectivity index is 1.38. The number of benzene rings is 1. The summed E-state index contributed by atoms with van der Waals surface area (Å²) in [5.74, 6) is 1.07. The highest BCUT2D eigenvalue weighted by atomic mass is 16.2. The summed E-state index contributed by atoms with van der Waals surface area (Å²) in [7, 11) is 0. The summed E-state index contributed by atoms with van der Waals surface area (Å²) in [4.78, 5) is 29.6. The zero-order valence-electron chi connectivity index (χ0n) is 15.1. The topological polar surface area (TPSA) is 40.6 Å². The van der Waals surface area contributed by atoms with E-state index >= 15 is 0 Å². The van der Waals surface area contributed by atoms with Gasteiger partial charge in [0.25, 0.3) is 0 Å². The van der Waals surface area contributed by atoms with Gasteiger partial charge >= 0.3 is 0 Å². The quantitative estimate of drug-likeness (QED) is 0.849. The van der Waals surface area contributed by atoms with E-state index in [1.54, 1.807) is 0 Å². The average Bonchev–Trinajstić information content (AvgIpc) is 3.24. The first kappa shape index (κ1) is 16.6. The summed E-state index contributed by atoms with van der Waals surface area (Å²) < 4.78 is 0. The molecule has 134 valence electrons. The number of amides is 2. The second-order valence-electron chi connectivity index (χ2n) is 7.96. The fraction of sp³-hybridized carbons (Fsp3) is 0.619. The molecule has 2 heterocycles. The molecule has 2 amide bonds. The van der Waals surface area contributed by atoms with Crippen molar-refractivity contribution in [3.63, 3.8) is 0 Å². The van der Waals surface area contributed by atoms with E-state index in [1.165, 1.54) is 11.1 Å². The number of aryl methyl sites for hydroxylation is 1. The average molecular weight is 340 g/mol. The van der Waals surface area contributed by atoms with Crippen molar-refractivity contribution in [2.24, 2.45) is 11.8 Å². The minimum Gasteiger partial charge on any atom is -0.342 e. The number of hydrogen-bond donors (Lipinski definition) is 0. The Morgan fingerprint density at radius 2 is 1.68 bits per heavy atom. The van der Waals surface area contributed by atoms with Crippen molar-refractivity contribution in [1.29, 1.82) is 0 Å². The molecule has 0 bridgehead atoms. The number of carbonyl (C=O) groups excluding carboxylic acids is 2. The first-order valence-corrected chi connectivity index (χ1v) is 9.78. The third-order valence-corrected chi connectivity index (χ3v) is 6.20. The van der Waals surface area contributed by atoms with Gasteiger partial charge < -0.3 is 9.80 Å². The molecule has 0 aromatic heterocycles. The maximum absolute atomic E-state index is 12.9. The lowest BCUT2D eigenvalue weighted by molar-refractivity contribution is -0.140. The Labute approximate surface area is 150 Å². The smallest absolute Gasteiger partial charge is 0.227 e. The van der Waals surface area contributed by atoms with Crippen LogP contribution in [0.2, 0.25) is 0 Å². The molecular weight excluding hydrogens is 312 g/mol. The second kappa shape index (κ2) is 6.81. The molecule has 25 heavy (non-hydrogen) atoms. The molecule has 0 unspecified atom stereocenters. The van der Waals surface area contributed by atoms with Gasteiger partial charge in [0, 0.05) is 32.1 Å². The predicted octanol–water partition coefficient (Wildman–Crippen LogP) is 2.96. The van der Waals surface area contributed by atoms with Crippen LogP contribution in [0.15, 0.2) is 24.3 Å². The summed E-state index contributed by atoms with van der Waals surface area (Å²) in [6, 6.07) is 8.40. The Hall–Kier alpha value is -1.84. The number of likely N-dealkylation sites (tertiary alicyclic amines) is 2. The van der Waals surface area contributed by atoms with Gasteiger partial charge in [-0.1, -0.05) is 24.3 Å². The molecule has 2 saturated heterocycles. The number of carbonyl (C=O) groups is 2. The van der Waals surface area contributed by atoms with E-state index in [0.29, 0.717) is 12.5 Å². The number of piperidine rings is 1. The fourth-order valence-electron chi connectivity index (χ4n) is 4.62. The van der Waals surface area contributed by atoms with Crippen molar-refractivity contribution in [3.05, 3.63) is 35.4 Å². The van der Waals surface area contributed by atoms with Gasteiger partial charge in [-0.3, -0.25) is 9.59 Å². The molecule has 1 saturated carbocycles. The molecule has 0 N–H and O–H groups in total. The van der Waals surface area contributed by atoms with Gasteiger partial charge in [-0.2, -0.15) is 0 Å². The van der Waals surface area contributed by atoms with Crippen molar-refractivity contribution in [1.82, 2.24) is 9.80 Å². The van der Waals surface area contributed by atoms with Crippen LogP contribution in [0.4, 0.5) is 0 Å². The van der Waals surface area contributed by atoms with Gasteiger partial charge in [0.1, 0.15) is 0 Å². The summed E-state index contributed by atoms with van der Waals surface area (Å²) in [5, 5.41) is 0. The van der Waals surface area contributed by atoms with Crippen LogP contribution in [0, 0.1) is 18.8 Å². The number of rotatable bonds is 3. The van der Waals surface area contributed by atoms with Gasteiger partial charge in [-0.05, 0) is 56.1 Å². The Morgan fingerprint density at radius 1 is 0.960 bits per heavy atom. The van der Waals surface area contributed by atoms with Crippen molar-refractivity contribution in [3.8, 4) is 0 Å². The van der Waals surface area contributed by atoms with Crippen LogP contribution in [-0.2, 0) is 9.59 Å². The van der Waals surface area contributed by atoms with E-state index in [4.69, 9.17) is 0 Å². The molecule has 1 aromatic rings. The highest BCUT2D eigenvalue weighted by molar-refractivity contribution is 5.85. The van der Waals surface area contributed by atoms with Crippen LogP contribution in [0.5, 0.6) is 0 Å². The largest absolute Gasteiger partial charge is 0.342 e. The maximum atomic E-state index is 12.9. The molecule has 4 nitrogen and oxygen atoms in total. The van der Waals surface area contributed by atoms with Gasteiger partial charge in [-0.25, -0.2) is 0 Å². The molecule has 3 fully saturated rings. The van der Waals surface area contributed by atoms with E-state index < -0.39 is 0 Å². The van der Waals surface area contributed by atoms with Gasteiger partial charge in [0.05, 0.1) is 5.92 Å². The third-order valence-electron chi connectivity index (χ3n) is 6.20. The van der Waals surface area contributed by atoms with Crippen LogP contribution >= 0.6 is 0 Å². The summed E-state index contributed by atoms with van der Waals surface area (Å²) in [5.41, 5.74) is 2.60. The first-order chi connectivity index (χ1) is 12.1. The predicted molar refractivity (Wildman–Crippen MR) is 97.1 cm³/mol. The molecular formula is C21H28N2O2. The molecule has 1 aliphatic carbocycles. The van der Waals surface area contributed by atoms with Gasteiger partial charge in [-0.15, -0.1) is 0 Å². The van der Waals surface area contributed by atoms with E-state index in [0.717, 1.165) is 51.7 Å². The lowest BCUT2D eigenvalue weighted by Gasteiger charge is -2.34. The summed E-state index contributed by atoms with van der Waals surface area (Å²) >= 11 is 0. The molecule has 1 aromatic carbocycles. The highest BCUT2D eigenvalue weighted by Gasteiger charge is 2.47. The van der Waals surface area contributed by atoms with Gasteiger partial charge in [0.2, 0.25) is 11.8 Å². The van der Waals surface area contributed by atoms with E-state index in [9.17, 15) is 9.59 Å². The van der Waals surface area contributed by atoms with Crippen LogP contribution in [0.1, 0.15) is 49.1 Å². The first-order valence-electron chi connectivity index (χ1n) is 9.78. The zero-order valence-corrected chi connectivity index (χ0v) is 15.1. The third kappa shape index (κ3) is 3.31. The molecule has 3 aliphatic rings. The van der Waals surface area contributed by atoms with Crippen LogP contribution in [0.25, 0.3) is 0 Å². The van der Waals surface area contributed by atoms with Crippen molar-refractivity contribution in [2.45, 2.75) is 44.9 Å². The van der Waals surface area contributed by atoms with Crippen LogP contribution in [0.3, 0.4) is 0 Å². The number of hydrogen-bond acceptors (Lipinski definition) is 2. The molecule has 2 aliphatic heterocycles. The SMILES string of the molecule is Cc1ccccc1[C@@H]1C[C@H]1C(=O)N1CCC[C@H](C(=O)N2CCCC2)C1. The van der Waals surface area contributed by atoms with Gasteiger partial charge in [0.15, 0.2) is 0 Å². The Bertz CT molecular complexity index is 666. The molecule has 4 heteroatoms. The maximum Gasteiger partial charge on any atom is 0.227 e. The van der Waals surface area contributed by atoms with E-state index in [1.807, 2.05) is 9.80 Å².